The third kappa shape index (κ3) is 4.69. The van der Waals surface area contributed by atoms with Crippen molar-refractivity contribution in [2.45, 2.75) is 33.7 Å². The highest BCUT2D eigenvalue weighted by atomic mass is 35.5. The molecule has 0 radical (unpaired) electrons. The Hall–Kier alpha value is -2.14. The summed E-state index contributed by atoms with van der Waals surface area (Å²) < 4.78 is 14.7. The van der Waals surface area contributed by atoms with Crippen LogP contribution in [0.2, 0.25) is 5.15 Å². The second-order valence-corrected chi connectivity index (χ2v) is 7.46. The number of hydrogen-bond acceptors (Lipinski definition) is 2. The lowest BCUT2D eigenvalue weighted by atomic mass is 9.82. The van der Waals surface area contributed by atoms with Crippen molar-refractivity contribution in [1.29, 1.82) is 0 Å². The maximum absolute atomic E-state index is 13.2. The highest BCUT2D eigenvalue weighted by Gasteiger charge is 2.27. The van der Waals surface area contributed by atoms with E-state index in [2.05, 4.69) is 10.4 Å². The minimum atomic E-state index is -0.302. The Kier molecular flexibility index (Phi) is 5.68. The number of aromatic nitrogens is 2. The standard InChI is InChI=1S/C19H23ClFN3O/c1-12-15(18(20)24(5)23-12)10-11-16(25)22-17(19(2,3)4)13-6-8-14(21)9-7-13/h6-11,17H,1-5H3,(H,22,25). The van der Waals surface area contributed by atoms with Crippen LogP contribution in [0.5, 0.6) is 0 Å². The zero-order chi connectivity index (χ0) is 18.8. The summed E-state index contributed by atoms with van der Waals surface area (Å²) in [5.41, 5.74) is 2.09. The Balaban J connectivity index is 2.20. The van der Waals surface area contributed by atoms with Crippen LogP contribution in [0.1, 0.15) is 43.6 Å². The van der Waals surface area contributed by atoms with Gasteiger partial charge in [0.15, 0.2) is 0 Å². The van der Waals surface area contributed by atoms with Gasteiger partial charge in [-0.25, -0.2) is 4.39 Å². The predicted molar refractivity (Wildman–Crippen MR) is 98.7 cm³/mol. The molecule has 0 bridgehead atoms. The molecule has 1 aromatic carbocycles. The van der Waals surface area contributed by atoms with E-state index >= 15 is 0 Å². The Labute approximate surface area is 152 Å². The van der Waals surface area contributed by atoms with Crippen LogP contribution in [0.3, 0.4) is 0 Å². The first-order valence-electron chi connectivity index (χ1n) is 8.02. The van der Waals surface area contributed by atoms with Crippen LogP contribution in [0.4, 0.5) is 4.39 Å². The van der Waals surface area contributed by atoms with E-state index in [1.54, 1.807) is 29.9 Å². The number of nitrogens with zero attached hydrogens (tertiary/aromatic N) is 2. The van der Waals surface area contributed by atoms with E-state index in [9.17, 15) is 9.18 Å². The summed E-state index contributed by atoms with van der Waals surface area (Å²) in [6.07, 6.45) is 3.10. The van der Waals surface area contributed by atoms with Gasteiger partial charge in [0, 0.05) is 18.7 Å². The maximum Gasteiger partial charge on any atom is 0.244 e. The molecule has 2 rings (SSSR count). The molecule has 0 aliphatic heterocycles. The van der Waals surface area contributed by atoms with Crippen molar-refractivity contribution in [3.8, 4) is 0 Å². The van der Waals surface area contributed by atoms with E-state index < -0.39 is 0 Å². The fourth-order valence-corrected chi connectivity index (χ4v) is 2.88. The van der Waals surface area contributed by atoms with Gasteiger partial charge in [-0.05, 0) is 36.1 Å². The molecule has 134 valence electrons. The van der Waals surface area contributed by atoms with Gasteiger partial charge in [-0.3, -0.25) is 9.48 Å². The van der Waals surface area contributed by atoms with Gasteiger partial charge in [-0.15, -0.1) is 0 Å². The van der Waals surface area contributed by atoms with Crippen molar-refractivity contribution in [2.75, 3.05) is 0 Å². The average molecular weight is 364 g/mol. The molecule has 0 aliphatic rings. The van der Waals surface area contributed by atoms with Gasteiger partial charge in [0.25, 0.3) is 0 Å². The van der Waals surface area contributed by atoms with Gasteiger partial charge < -0.3 is 5.32 Å². The number of hydrogen-bond donors (Lipinski definition) is 1. The van der Waals surface area contributed by atoms with E-state index in [4.69, 9.17) is 11.6 Å². The fourth-order valence-electron chi connectivity index (χ4n) is 2.64. The maximum atomic E-state index is 13.2. The Morgan fingerprint density at radius 3 is 2.40 bits per heavy atom. The van der Waals surface area contributed by atoms with Crippen molar-refractivity contribution in [1.82, 2.24) is 15.1 Å². The number of nitrogens with one attached hydrogen (secondary N) is 1. The Morgan fingerprint density at radius 1 is 1.32 bits per heavy atom. The number of carbonyl (C=O) groups excluding carboxylic acids is 1. The van der Waals surface area contributed by atoms with Crippen molar-refractivity contribution in [3.05, 3.63) is 58.1 Å². The molecule has 6 heteroatoms. The molecular weight excluding hydrogens is 341 g/mol. The Morgan fingerprint density at radius 2 is 1.92 bits per heavy atom. The molecule has 0 spiro atoms. The summed E-state index contributed by atoms with van der Waals surface area (Å²) in [7, 11) is 1.75. The minimum absolute atomic E-state index is 0.233. The minimum Gasteiger partial charge on any atom is -0.345 e. The summed E-state index contributed by atoms with van der Waals surface area (Å²) in [6, 6.07) is 5.93. The number of aryl methyl sites for hydroxylation is 2. The second kappa shape index (κ2) is 7.40. The summed E-state index contributed by atoms with van der Waals surface area (Å²) in [6.45, 7) is 7.90. The average Bonchev–Trinajstić information content (AvgIpc) is 2.76. The molecule has 2 aromatic rings. The monoisotopic (exact) mass is 363 g/mol. The number of halogens is 2. The van der Waals surface area contributed by atoms with Gasteiger partial charge in [-0.2, -0.15) is 5.10 Å². The molecule has 1 atom stereocenters. The molecule has 1 heterocycles. The summed E-state index contributed by atoms with van der Waals surface area (Å²) >= 11 is 6.17. The molecule has 25 heavy (non-hydrogen) atoms. The first-order chi connectivity index (χ1) is 11.6. The van der Waals surface area contributed by atoms with Gasteiger partial charge >= 0.3 is 0 Å². The number of amides is 1. The lowest BCUT2D eigenvalue weighted by Gasteiger charge is -2.31. The zero-order valence-corrected chi connectivity index (χ0v) is 15.9. The summed E-state index contributed by atoms with van der Waals surface area (Å²) in [5.74, 6) is -0.548. The smallest absolute Gasteiger partial charge is 0.244 e. The van der Waals surface area contributed by atoms with Crippen LogP contribution in [0.25, 0.3) is 6.08 Å². The quantitative estimate of drug-likeness (QED) is 0.816. The third-order valence-corrected chi connectivity index (χ3v) is 4.40. The van der Waals surface area contributed by atoms with Crippen LogP contribution in [-0.4, -0.2) is 15.7 Å². The van der Waals surface area contributed by atoms with Crippen molar-refractivity contribution < 1.29 is 9.18 Å². The van der Waals surface area contributed by atoms with Crippen molar-refractivity contribution >= 4 is 23.6 Å². The molecule has 1 unspecified atom stereocenters. The molecular formula is C19H23ClFN3O. The summed E-state index contributed by atoms with van der Waals surface area (Å²) in [4.78, 5) is 12.4. The SMILES string of the molecule is Cc1nn(C)c(Cl)c1C=CC(=O)NC(c1ccc(F)cc1)C(C)(C)C. The van der Waals surface area contributed by atoms with Crippen molar-refractivity contribution in [3.63, 3.8) is 0 Å². The first kappa shape index (κ1) is 19.2. The predicted octanol–water partition coefficient (Wildman–Crippen LogP) is 4.44. The van der Waals surface area contributed by atoms with Crippen LogP contribution in [0.15, 0.2) is 30.3 Å². The third-order valence-electron chi connectivity index (χ3n) is 3.95. The van der Waals surface area contributed by atoms with Gasteiger partial charge in [0.1, 0.15) is 11.0 Å². The molecule has 0 fully saturated rings. The van der Waals surface area contributed by atoms with E-state index in [0.29, 0.717) is 10.7 Å². The van der Waals surface area contributed by atoms with E-state index in [-0.39, 0.29) is 23.2 Å². The second-order valence-electron chi connectivity index (χ2n) is 7.11. The number of carbonyl (C=O) groups is 1. The van der Waals surface area contributed by atoms with E-state index in [1.807, 2.05) is 27.7 Å². The van der Waals surface area contributed by atoms with E-state index in [1.165, 1.54) is 18.2 Å². The van der Waals surface area contributed by atoms with Crippen LogP contribution >= 0.6 is 11.6 Å². The lowest BCUT2D eigenvalue weighted by Crippen LogP contribution is -2.35. The first-order valence-corrected chi connectivity index (χ1v) is 8.40. The van der Waals surface area contributed by atoms with Crippen molar-refractivity contribution in [2.24, 2.45) is 12.5 Å². The van der Waals surface area contributed by atoms with Crippen LogP contribution < -0.4 is 5.32 Å². The largest absolute Gasteiger partial charge is 0.345 e. The van der Waals surface area contributed by atoms with E-state index in [0.717, 1.165) is 11.3 Å². The van der Waals surface area contributed by atoms with Gasteiger partial charge in [-0.1, -0.05) is 44.5 Å². The highest BCUT2D eigenvalue weighted by molar-refractivity contribution is 6.31. The molecule has 4 nitrogen and oxygen atoms in total. The van der Waals surface area contributed by atoms with Gasteiger partial charge in [0.2, 0.25) is 5.91 Å². The molecule has 0 aliphatic carbocycles. The van der Waals surface area contributed by atoms with Gasteiger partial charge in [0.05, 0.1) is 11.7 Å². The molecule has 0 saturated carbocycles. The normalized spacial score (nSPS) is 13.2. The highest BCUT2D eigenvalue weighted by Crippen LogP contribution is 2.32. The summed E-state index contributed by atoms with van der Waals surface area (Å²) in [5, 5.41) is 7.68. The van der Waals surface area contributed by atoms with Crippen LogP contribution in [0, 0.1) is 18.2 Å². The number of benzene rings is 1. The topological polar surface area (TPSA) is 46.9 Å². The molecule has 1 aromatic heterocycles. The number of rotatable bonds is 4. The molecule has 0 saturated heterocycles. The lowest BCUT2D eigenvalue weighted by molar-refractivity contribution is -0.117. The van der Waals surface area contributed by atoms with Crippen LogP contribution in [-0.2, 0) is 11.8 Å². The Bertz CT molecular complexity index is 788. The molecule has 1 N–H and O–H groups in total. The fraction of sp³-hybridized carbons (Fsp3) is 0.368. The zero-order valence-electron chi connectivity index (χ0n) is 15.1. The molecule has 1 amide bonds.